The number of nitrogens with one attached hydrogen (secondary N) is 1. The lowest BCUT2D eigenvalue weighted by Crippen LogP contribution is -2.16. The molecule has 4 heteroatoms. The predicted octanol–water partition coefficient (Wildman–Crippen LogP) is 2.84. The molecule has 0 saturated heterocycles. The lowest BCUT2D eigenvalue weighted by atomic mass is 10.2. The van der Waals surface area contributed by atoms with Crippen molar-refractivity contribution in [1.82, 2.24) is 5.32 Å². The van der Waals surface area contributed by atoms with E-state index in [-0.39, 0.29) is 11.9 Å². The van der Waals surface area contributed by atoms with E-state index in [0.29, 0.717) is 11.0 Å². The van der Waals surface area contributed by atoms with E-state index in [4.69, 9.17) is 5.11 Å². The van der Waals surface area contributed by atoms with Gasteiger partial charge in [-0.3, -0.25) is 0 Å². The molecule has 1 aromatic rings. The van der Waals surface area contributed by atoms with Gasteiger partial charge in [0.1, 0.15) is 5.82 Å². The summed E-state index contributed by atoms with van der Waals surface area (Å²) in [5.41, 5.74) is 0.928. The second kappa shape index (κ2) is 6.99. The van der Waals surface area contributed by atoms with E-state index >= 15 is 0 Å². The molecule has 0 amide bonds. The fourth-order valence-corrected chi connectivity index (χ4v) is 1.65. The zero-order valence-corrected chi connectivity index (χ0v) is 10.9. The molecule has 0 radical (unpaired) electrons. The fraction of sp³-hybridized carbons (Fsp3) is 0.500. The molecule has 0 fully saturated rings. The number of rotatable bonds is 6. The molecule has 0 bridgehead atoms. The van der Waals surface area contributed by atoms with Crippen LogP contribution in [0.25, 0.3) is 0 Å². The summed E-state index contributed by atoms with van der Waals surface area (Å²) in [6.45, 7) is 3.27. The van der Waals surface area contributed by atoms with E-state index < -0.39 is 0 Å². The molecule has 16 heavy (non-hydrogen) atoms. The Kier molecular flexibility index (Phi) is 5.95. The molecule has 2 N–H and O–H groups in total. The SMILES string of the molecule is CC(O)CCCNCc1ccc(Br)c(F)c1. The maximum Gasteiger partial charge on any atom is 0.137 e. The second-order valence-electron chi connectivity index (χ2n) is 3.92. The molecule has 0 aliphatic heterocycles. The van der Waals surface area contributed by atoms with Crippen LogP contribution in [-0.4, -0.2) is 17.8 Å². The quantitative estimate of drug-likeness (QED) is 0.790. The fourth-order valence-electron chi connectivity index (χ4n) is 1.40. The summed E-state index contributed by atoms with van der Waals surface area (Å²) in [5, 5.41) is 12.3. The van der Waals surface area contributed by atoms with Crippen LogP contribution in [0.5, 0.6) is 0 Å². The molecule has 1 aromatic carbocycles. The van der Waals surface area contributed by atoms with Gasteiger partial charge in [0.2, 0.25) is 0 Å². The minimum atomic E-state index is -0.244. The molecular weight excluding hydrogens is 273 g/mol. The van der Waals surface area contributed by atoms with Gasteiger partial charge >= 0.3 is 0 Å². The van der Waals surface area contributed by atoms with Crippen LogP contribution >= 0.6 is 15.9 Å². The molecule has 0 saturated carbocycles. The Balaban J connectivity index is 2.24. The Labute approximate surface area is 104 Å². The molecule has 90 valence electrons. The van der Waals surface area contributed by atoms with Gasteiger partial charge in [-0.25, -0.2) is 4.39 Å². The Bertz CT molecular complexity index is 331. The van der Waals surface area contributed by atoms with Crippen molar-refractivity contribution in [2.75, 3.05) is 6.54 Å². The van der Waals surface area contributed by atoms with E-state index in [0.717, 1.165) is 24.9 Å². The van der Waals surface area contributed by atoms with Crippen LogP contribution < -0.4 is 5.32 Å². The first-order chi connectivity index (χ1) is 7.59. The van der Waals surface area contributed by atoms with Crippen molar-refractivity contribution in [3.05, 3.63) is 34.1 Å². The summed E-state index contributed by atoms with van der Waals surface area (Å²) in [6.07, 6.45) is 1.48. The van der Waals surface area contributed by atoms with E-state index in [9.17, 15) is 4.39 Å². The standard InChI is InChI=1S/C12H17BrFNO/c1-9(16)3-2-6-15-8-10-4-5-11(13)12(14)7-10/h4-5,7,9,15-16H,2-3,6,8H2,1H3. The van der Waals surface area contributed by atoms with Crippen LogP contribution in [0.3, 0.4) is 0 Å². The Morgan fingerprint density at radius 1 is 1.50 bits per heavy atom. The molecule has 1 atom stereocenters. The van der Waals surface area contributed by atoms with E-state index in [1.54, 1.807) is 13.0 Å². The molecule has 0 aliphatic rings. The first-order valence-corrected chi connectivity index (χ1v) is 6.21. The van der Waals surface area contributed by atoms with Gasteiger partial charge in [0.25, 0.3) is 0 Å². The highest BCUT2D eigenvalue weighted by atomic mass is 79.9. The Hall–Kier alpha value is -0.450. The maximum atomic E-state index is 13.2. The molecule has 1 unspecified atom stereocenters. The smallest absolute Gasteiger partial charge is 0.137 e. The van der Waals surface area contributed by atoms with Crippen LogP contribution in [0, 0.1) is 5.82 Å². The predicted molar refractivity (Wildman–Crippen MR) is 66.7 cm³/mol. The summed E-state index contributed by atoms with van der Waals surface area (Å²) >= 11 is 3.12. The minimum absolute atomic E-state index is 0.233. The van der Waals surface area contributed by atoms with Crippen LogP contribution in [0.2, 0.25) is 0 Å². The third-order valence-corrected chi connectivity index (χ3v) is 2.93. The van der Waals surface area contributed by atoms with Crippen molar-refractivity contribution in [3.8, 4) is 0 Å². The zero-order valence-electron chi connectivity index (χ0n) is 9.34. The number of aliphatic hydroxyl groups excluding tert-OH is 1. The van der Waals surface area contributed by atoms with Crippen LogP contribution in [-0.2, 0) is 6.54 Å². The van der Waals surface area contributed by atoms with Gasteiger partial charge in [-0.15, -0.1) is 0 Å². The van der Waals surface area contributed by atoms with Gasteiger partial charge in [0, 0.05) is 6.54 Å². The number of hydrogen-bond acceptors (Lipinski definition) is 2. The highest BCUT2D eigenvalue weighted by Gasteiger charge is 2.00. The van der Waals surface area contributed by atoms with Crippen LogP contribution in [0.1, 0.15) is 25.3 Å². The van der Waals surface area contributed by atoms with E-state index in [1.807, 2.05) is 6.07 Å². The highest BCUT2D eigenvalue weighted by molar-refractivity contribution is 9.10. The normalized spacial score (nSPS) is 12.8. The van der Waals surface area contributed by atoms with E-state index in [2.05, 4.69) is 21.2 Å². The van der Waals surface area contributed by atoms with Crippen LogP contribution in [0.4, 0.5) is 4.39 Å². The van der Waals surface area contributed by atoms with Crippen molar-refractivity contribution in [3.63, 3.8) is 0 Å². The molecule has 0 spiro atoms. The number of hydrogen-bond donors (Lipinski definition) is 2. The summed E-state index contributed by atoms with van der Waals surface area (Å²) in [5.74, 6) is -0.233. The van der Waals surface area contributed by atoms with Gasteiger partial charge in [-0.1, -0.05) is 6.07 Å². The summed E-state index contributed by atoms with van der Waals surface area (Å²) in [6, 6.07) is 5.11. The topological polar surface area (TPSA) is 32.3 Å². The average molecular weight is 290 g/mol. The van der Waals surface area contributed by atoms with Gasteiger partial charge < -0.3 is 10.4 Å². The van der Waals surface area contributed by atoms with Gasteiger partial charge in [0.15, 0.2) is 0 Å². The van der Waals surface area contributed by atoms with Crippen molar-refractivity contribution in [2.45, 2.75) is 32.4 Å². The molecular formula is C12H17BrFNO. The van der Waals surface area contributed by atoms with Gasteiger partial charge in [-0.05, 0) is 59.9 Å². The highest BCUT2D eigenvalue weighted by Crippen LogP contribution is 2.16. The number of benzene rings is 1. The number of aliphatic hydroxyl groups is 1. The molecule has 1 rings (SSSR count). The summed E-state index contributed by atoms with van der Waals surface area (Å²) in [4.78, 5) is 0. The van der Waals surface area contributed by atoms with Crippen LogP contribution in [0.15, 0.2) is 22.7 Å². The second-order valence-corrected chi connectivity index (χ2v) is 4.77. The summed E-state index contributed by atoms with van der Waals surface area (Å²) in [7, 11) is 0. The van der Waals surface area contributed by atoms with Crippen molar-refractivity contribution >= 4 is 15.9 Å². The first-order valence-electron chi connectivity index (χ1n) is 5.42. The lowest BCUT2D eigenvalue weighted by molar-refractivity contribution is 0.181. The minimum Gasteiger partial charge on any atom is -0.393 e. The first kappa shape index (κ1) is 13.6. The third-order valence-electron chi connectivity index (χ3n) is 2.29. The molecule has 2 nitrogen and oxygen atoms in total. The molecule has 0 aliphatic carbocycles. The largest absolute Gasteiger partial charge is 0.393 e. The number of halogens is 2. The van der Waals surface area contributed by atoms with Crippen molar-refractivity contribution in [1.29, 1.82) is 0 Å². The van der Waals surface area contributed by atoms with Crippen molar-refractivity contribution < 1.29 is 9.50 Å². The lowest BCUT2D eigenvalue weighted by Gasteiger charge is -2.06. The summed E-state index contributed by atoms with van der Waals surface area (Å²) < 4.78 is 13.6. The van der Waals surface area contributed by atoms with Gasteiger partial charge in [-0.2, -0.15) is 0 Å². The monoisotopic (exact) mass is 289 g/mol. The zero-order chi connectivity index (χ0) is 12.0. The van der Waals surface area contributed by atoms with Crippen molar-refractivity contribution in [2.24, 2.45) is 0 Å². The van der Waals surface area contributed by atoms with Gasteiger partial charge in [0.05, 0.1) is 10.6 Å². The maximum absolute atomic E-state index is 13.2. The molecule has 0 aromatic heterocycles. The van der Waals surface area contributed by atoms with E-state index in [1.165, 1.54) is 6.07 Å². The molecule has 0 heterocycles. The Morgan fingerprint density at radius 3 is 2.88 bits per heavy atom. The Morgan fingerprint density at radius 2 is 2.25 bits per heavy atom. The third kappa shape index (κ3) is 5.05. The average Bonchev–Trinajstić information content (AvgIpc) is 2.22.